The van der Waals surface area contributed by atoms with Gasteiger partial charge < -0.3 is 9.64 Å². The first-order valence-corrected chi connectivity index (χ1v) is 13.1. The van der Waals surface area contributed by atoms with Crippen LogP contribution in [0.4, 0.5) is 5.69 Å². The van der Waals surface area contributed by atoms with Crippen molar-refractivity contribution in [1.29, 1.82) is 0 Å². The van der Waals surface area contributed by atoms with E-state index in [1.807, 2.05) is 20.8 Å². The summed E-state index contributed by atoms with van der Waals surface area (Å²) in [4.78, 5) is 52.1. The lowest BCUT2D eigenvalue weighted by Crippen LogP contribution is -2.62. The molecule has 0 spiro atoms. The van der Waals surface area contributed by atoms with E-state index >= 15 is 0 Å². The molecule has 2 heterocycles. The summed E-state index contributed by atoms with van der Waals surface area (Å²) in [6.45, 7) is 6.12. The van der Waals surface area contributed by atoms with Gasteiger partial charge in [0.05, 0.1) is 35.3 Å². The normalized spacial score (nSPS) is 21.6. The molecule has 0 unspecified atom stereocenters. The summed E-state index contributed by atoms with van der Waals surface area (Å²) in [5.74, 6) is -2.66. The van der Waals surface area contributed by atoms with Crippen LogP contribution in [-0.4, -0.2) is 80.0 Å². The molecule has 1 saturated heterocycles. The van der Waals surface area contributed by atoms with Gasteiger partial charge in [0.1, 0.15) is 5.70 Å². The standard InChI is InChI=1S/C23H29N3O9S/c1-13(2)18-19-14(3)17(12-24(4)10-11-34-36(5,32)33)20(25(19)21(18)27)23(29)35-22(28)15-6-8-16(9-7-15)26(30)31/h6-9,13-14,18-19H,10-12H2,1-5H3/t14-,18+,19+/m0/s1. The first kappa shape index (κ1) is 27.4. The maximum Gasteiger partial charge on any atom is 0.362 e. The Morgan fingerprint density at radius 1 is 1.19 bits per heavy atom. The Morgan fingerprint density at radius 3 is 2.33 bits per heavy atom. The average Bonchev–Trinajstić information content (AvgIpc) is 3.00. The van der Waals surface area contributed by atoms with Crippen LogP contribution in [0.3, 0.4) is 0 Å². The van der Waals surface area contributed by atoms with E-state index < -0.39 is 27.0 Å². The van der Waals surface area contributed by atoms with Gasteiger partial charge in [-0.3, -0.25) is 24.0 Å². The lowest BCUT2D eigenvalue weighted by Gasteiger charge is -2.47. The third kappa shape index (κ3) is 5.63. The van der Waals surface area contributed by atoms with Crippen LogP contribution in [0, 0.1) is 27.9 Å². The highest BCUT2D eigenvalue weighted by atomic mass is 32.2. The number of nitrogens with zero attached hydrogens (tertiary/aromatic N) is 3. The van der Waals surface area contributed by atoms with Gasteiger partial charge in [0, 0.05) is 31.1 Å². The summed E-state index contributed by atoms with van der Waals surface area (Å²) in [7, 11) is -1.89. The molecule has 1 fully saturated rings. The molecule has 12 nitrogen and oxygen atoms in total. The van der Waals surface area contributed by atoms with E-state index in [4.69, 9.17) is 8.92 Å². The molecule has 0 bridgehead atoms. The summed E-state index contributed by atoms with van der Waals surface area (Å²) < 4.78 is 32.3. The molecule has 0 N–H and O–H groups in total. The minimum Gasteiger partial charge on any atom is -0.385 e. The van der Waals surface area contributed by atoms with Gasteiger partial charge in [0.2, 0.25) is 5.91 Å². The SMILES string of the molecule is CC(C)[C@H]1C(=O)N2C(C(=O)OC(=O)c3ccc([N+](=O)[O-])cc3)=C(CN(C)CCOS(C)(=O)=O)[C@H](C)[C@H]12. The number of non-ortho nitro benzene ring substituents is 1. The lowest BCUT2D eigenvalue weighted by molar-refractivity contribution is -0.384. The third-order valence-corrected chi connectivity index (χ3v) is 7.01. The number of hydrogen-bond donors (Lipinski definition) is 0. The van der Waals surface area contributed by atoms with E-state index in [1.54, 1.807) is 11.9 Å². The van der Waals surface area contributed by atoms with E-state index in [-0.39, 0.29) is 66.3 Å². The Bertz CT molecular complexity index is 1210. The quantitative estimate of drug-likeness (QED) is 0.110. The first-order valence-electron chi connectivity index (χ1n) is 11.3. The molecule has 0 radical (unpaired) electrons. The number of fused-ring (bicyclic) bond motifs is 1. The molecule has 1 amide bonds. The zero-order valence-corrected chi connectivity index (χ0v) is 21.5. The lowest BCUT2D eigenvalue weighted by atomic mass is 9.74. The van der Waals surface area contributed by atoms with E-state index in [0.29, 0.717) is 5.57 Å². The van der Waals surface area contributed by atoms with E-state index in [0.717, 1.165) is 18.4 Å². The number of rotatable bonds is 10. The van der Waals surface area contributed by atoms with E-state index in [9.17, 15) is 32.9 Å². The Morgan fingerprint density at radius 2 is 1.81 bits per heavy atom. The average molecular weight is 524 g/mol. The maximum atomic E-state index is 13.2. The molecule has 1 aromatic carbocycles. The van der Waals surface area contributed by atoms with Crippen molar-refractivity contribution in [2.45, 2.75) is 26.8 Å². The van der Waals surface area contributed by atoms with Crippen molar-refractivity contribution in [1.82, 2.24) is 9.80 Å². The number of amides is 1. The molecule has 36 heavy (non-hydrogen) atoms. The molecule has 13 heteroatoms. The van der Waals surface area contributed by atoms with Gasteiger partial charge in [0.15, 0.2) is 0 Å². The van der Waals surface area contributed by atoms with Crippen LogP contribution in [0.1, 0.15) is 31.1 Å². The van der Waals surface area contributed by atoms with Crippen LogP contribution < -0.4 is 0 Å². The minimum absolute atomic E-state index is 0.000503. The van der Waals surface area contributed by atoms with Crippen LogP contribution in [0.5, 0.6) is 0 Å². The topological polar surface area (TPSA) is 153 Å². The van der Waals surface area contributed by atoms with Crippen molar-refractivity contribution >= 4 is 33.7 Å². The minimum atomic E-state index is -3.60. The van der Waals surface area contributed by atoms with Gasteiger partial charge in [-0.1, -0.05) is 20.8 Å². The van der Waals surface area contributed by atoms with Crippen molar-refractivity contribution in [3.63, 3.8) is 0 Å². The van der Waals surface area contributed by atoms with E-state index in [1.165, 1.54) is 17.0 Å². The number of ether oxygens (including phenoxy) is 1. The van der Waals surface area contributed by atoms with Gasteiger partial charge in [-0.2, -0.15) is 8.42 Å². The van der Waals surface area contributed by atoms with Crippen molar-refractivity contribution in [3.05, 3.63) is 51.2 Å². The number of β-lactam (4-membered cyclic amide) rings is 1. The van der Waals surface area contributed by atoms with Crippen LogP contribution in [0.2, 0.25) is 0 Å². The zero-order chi connectivity index (χ0) is 26.9. The fourth-order valence-electron chi connectivity index (χ4n) is 4.66. The van der Waals surface area contributed by atoms with Gasteiger partial charge in [-0.05, 0) is 30.7 Å². The molecular formula is C23H29N3O9S. The van der Waals surface area contributed by atoms with Crippen LogP contribution >= 0.6 is 0 Å². The summed E-state index contributed by atoms with van der Waals surface area (Å²) in [5, 5.41) is 10.8. The van der Waals surface area contributed by atoms with Gasteiger partial charge in [-0.15, -0.1) is 0 Å². The number of hydrogen-bond acceptors (Lipinski definition) is 10. The molecule has 0 aliphatic carbocycles. The highest BCUT2D eigenvalue weighted by molar-refractivity contribution is 7.85. The fraction of sp³-hybridized carbons (Fsp3) is 0.522. The second-order valence-corrected chi connectivity index (χ2v) is 11.0. The van der Waals surface area contributed by atoms with Gasteiger partial charge in [-0.25, -0.2) is 9.59 Å². The summed E-state index contributed by atoms with van der Waals surface area (Å²) in [6, 6.07) is 4.35. The van der Waals surface area contributed by atoms with Gasteiger partial charge >= 0.3 is 11.9 Å². The molecule has 3 atom stereocenters. The molecule has 1 aromatic rings. The molecule has 196 valence electrons. The molecule has 0 aromatic heterocycles. The fourth-order valence-corrected chi connectivity index (χ4v) is 5.03. The number of benzene rings is 1. The van der Waals surface area contributed by atoms with Gasteiger partial charge in [0.25, 0.3) is 15.8 Å². The second-order valence-electron chi connectivity index (χ2n) is 9.38. The number of likely N-dealkylation sites (N-methyl/N-ethyl adjacent to an activating group) is 1. The molecular weight excluding hydrogens is 494 g/mol. The number of carbonyl (C=O) groups excluding carboxylic acids is 3. The molecule has 2 aliphatic heterocycles. The van der Waals surface area contributed by atoms with Crippen molar-refractivity contribution < 1.29 is 36.6 Å². The predicted molar refractivity (Wildman–Crippen MR) is 127 cm³/mol. The first-order chi connectivity index (χ1) is 16.7. The molecule has 2 aliphatic rings. The highest BCUT2D eigenvalue weighted by Gasteiger charge is 2.59. The van der Waals surface area contributed by atoms with Crippen LogP contribution in [0.15, 0.2) is 35.5 Å². The van der Waals surface area contributed by atoms with Crippen LogP contribution in [-0.2, 0) is 28.6 Å². The molecule has 3 rings (SSSR count). The van der Waals surface area contributed by atoms with Crippen molar-refractivity contribution in [3.8, 4) is 0 Å². The van der Waals surface area contributed by atoms with E-state index in [2.05, 4.69) is 0 Å². The second kappa shape index (κ2) is 10.4. The highest BCUT2D eigenvalue weighted by Crippen LogP contribution is 2.48. The van der Waals surface area contributed by atoms with Crippen molar-refractivity contribution in [2.75, 3.05) is 33.0 Å². The Labute approximate surface area is 209 Å². The van der Waals surface area contributed by atoms with Crippen molar-refractivity contribution in [2.24, 2.45) is 17.8 Å². The Balaban J connectivity index is 1.83. The number of nitro groups is 1. The number of esters is 2. The molecule has 0 saturated carbocycles. The summed E-state index contributed by atoms with van der Waals surface area (Å²) >= 11 is 0. The Hall–Kier alpha value is -3.16. The summed E-state index contributed by atoms with van der Waals surface area (Å²) in [5.41, 5.74) is 0.327. The smallest absolute Gasteiger partial charge is 0.362 e. The number of nitro benzene ring substituents is 1. The maximum absolute atomic E-state index is 13.2. The third-order valence-electron chi connectivity index (χ3n) is 6.42. The summed E-state index contributed by atoms with van der Waals surface area (Å²) in [6.07, 6.45) is 0.952. The largest absolute Gasteiger partial charge is 0.385 e. The zero-order valence-electron chi connectivity index (χ0n) is 20.7. The monoisotopic (exact) mass is 523 g/mol. The number of carbonyl (C=O) groups is 3. The van der Waals surface area contributed by atoms with Crippen LogP contribution in [0.25, 0.3) is 0 Å². The Kier molecular flexibility index (Phi) is 7.96. The predicted octanol–water partition coefficient (Wildman–Crippen LogP) is 1.57.